The van der Waals surface area contributed by atoms with Crippen LogP contribution in [0.3, 0.4) is 0 Å². The van der Waals surface area contributed by atoms with Gasteiger partial charge in [-0.2, -0.15) is 0 Å². The van der Waals surface area contributed by atoms with Gasteiger partial charge < -0.3 is 9.84 Å². The minimum Gasteiger partial charge on any atom is -0.478 e. The van der Waals surface area contributed by atoms with Crippen LogP contribution in [0.1, 0.15) is 55.8 Å². The Kier molecular flexibility index (Phi) is 7.14. The summed E-state index contributed by atoms with van der Waals surface area (Å²) in [4.78, 5) is 24.6. The summed E-state index contributed by atoms with van der Waals surface area (Å²) in [5.74, 6) is -1.26. The fraction of sp³-hybridized carbons (Fsp3) is 0.571. The molecule has 1 rings (SSSR count). The molecule has 0 bridgehead atoms. The average Bonchev–Trinajstić information content (AvgIpc) is 2.46. The highest BCUT2D eigenvalue weighted by molar-refractivity contribution is 5.92. The van der Waals surface area contributed by atoms with Gasteiger partial charge in [0.1, 0.15) is 11.8 Å². The predicted octanol–water partition coefficient (Wildman–Crippen LogP) is 3.43. The normalized spacial score (nSPS) is 10.3. The molecule has 0 aromatic carbocycles. The highest BCUT2D eigenvalue weighted by atomic mass is 16.6. The number of aromatic nitrogens is 1. The maximum Gasteiger partial charge on any atom is 0.342 e. The summed E-state index contributed by atoms with van der Waals surface area (Å²) in [6.45, 7) is 2.58. The van der Waals surface area contributed by atoms with E-state index in [0.29, 0.717) is 6.61 Å². The van der Waals surface area contributed by atoms with Crippen molar-refractivity contribution in [2.45, 2.75) is 45.4 Å². The second kappa shape index (κ2) is 8.89. The van der Waals surface area contributed by atoms with E-state index >= 15 is 0 Å². The minimum atomic E-state index is -1.37. The fourth-order valence-corrected chi connectivity index (χ4v) is 1.88. The van der Waals surface area contributed by atoms with Crippen molar-refractivity contribution in [3.8, 4) is 5.88 Å². The van der Waals surface area contributed by atoms with E-state index in [2.05, 4.69) is 11.9 Å². The van der Waals surface area contributed by atoms with Crippen molar-refractivity contribution in [2.24, 2.45) is 0 Å². The van der Waals surface area contributed by atoms with Gasteiger partial charge in [0, 0.05) is 6.07 Å². The zero-order valence-corrected chi connectivity index (χ0v) is 12.1. The summed E-state index contributed by atoms with van der Waals surface area (Å²) in [6, 6.07) is 1.09. The molecule has 21 heavy (non-hydrogen) atoms. The monoisotopic (exact) mass is 296 g/mol. The molecule has 7 heteroatoms. The Morgan fingerprint density at radius 2 is 2.00 bits per heavy atom. The second-order valence-electron chi connectivity index (χ2n) is 4.72. The van der Waals surface area contributed by atoms with Gasteiger partial charge in [0.2, 0.25) is 5.88 Å². The zero-order chi connectivity index (χ0) is 15.7. The van der Waals surface area contributed by atoms with Crippen LogP contribution < -0.4 is 4.74 Å². The van der Waals surface area contributed by atoms with E-state index in [1.54, 1.807) is 0 Å². The summed E-state index contributed by atoms with van der Waals surface area (Å²) < 4.78 is 5.34. The standard InChI is InChI=1S/C14H20N2O5/c1-2-3-4-5-6-7-8-21-13-9-11(14(17)18)12(10-15-13)16(19)20/h9-10H,2-8H2,1H3,(H,17,18). The lowest BCUT2D eigenvalue weighted by Crippen LogP contribution is -2.06. The third-order valence-electron chi connectivity index (χ3n) is 3.03. The molecule has 0 aliphatic carbocycles. The van der Waals surface area contributed by atoms with Crippen LogP contribution in [0.4, 0.5) is 5.69 Å². The smallest absolute Gasteiger partial charge is 0.342 e. The molecule has 0 spiro atoms. The molecule has 0 saturated heterocycles. The number of nitrogens with zero attached hydrogens (tertiary/aromatic N) is 2. The molecule has 0 saturated carbocycles. The topological polar surface area (TPSA) is 103 Å². The molecule has 0 amide bonds. The summed E-state index contributed by atoms with van der Waals surface area (Å²) in [5, 5.41) is 19.6. The Morgan fingerprint density at radius 1 is 1.33 bits per heavy atom. The molecule has 1 aromatic rings. The highest BCUT2D eigenvalue weighted by Gasteiger charge is 2.21. The number of pyridine rings is 1. The van der Waals surface area contributed by atoms with Crippen LogP contribution in [0, 0.1) is 10.1 Å². The summed E-state index contributed by atoms with van der Waals surface area (Å²) >= 11 is 0. The number of aromatic carboxylic acids is 1. The zero-order valence-electron chi connectivity index (χ0n) is 12.1. The number of nitro groups is 1. The number of unbranched alkanes of at least 4 members (excludes halogenated alkanes) is 5. The Hall–Kier alpha value is -2.18. The number of rotatable bonds is 10. The van der Waals surface area contributed by atoms with Gasteiger partial charge in [-0.25, -0.2) is 9.78 Å². The van der Waals surface area contributed by atoms with Gasteiger partial charge in [-0.1, -0.05) is 39.0 Å². The van der Waals surface area contributed by atoms with Gasteiger partial charge in [0.15, 0.2) is 0 Å². The molecule has 7 nitrogen and oxygen atoms in total. The third kappa shape index (κ3) is 5.76. The molecule has 0 atom stereocenters. The van der Waals surface area contributed by atoms with Gasteiger partial charge in [-0.05, 0) is 6.42 Å². The molecular formula is C14H20N2O5. The van der Waals surface area contributed by atoms with E-state index in [1.807, 2.05) is 0 Å². The summed E-state index contributed by atoms with van der Waals surface area (Å²) in [6.07, 6.45) is 7.58. The number of hydrogen-bond donors (Lipinski definition) is 1. The molecule has 0 aliphatic rings. The largest absolute Gasteiger partial charge is 0.478 e. The first-order valence-corrected chi connectivity index (χ1v) is 7.06. The molecular weight excluding hydrogens is 276 g/mol. The molecule has 1 heterocycles. The van der Waals surface area contributed by atoms with Crippen molar-refractivity contribution in [1.82, 2.24) is 4.98 Å². The van der Waals surface area contributed by atoms with E-state index in [0.717, 1.165) is 31.5 Å². The second-order valence-corrected chi connectivity index (χ2v) is 4.72. The maximum absolute atomic E-state index is 11.0. The lowest BCUT2D eigenvalue weighted by Gasteiger charge is -2.06. The first-order chi connectivity index (χ1) is 10.1. The highest BCUT2D eigenvalue weighted by Crippen LogP contribution is 2.21. The molecule has 1 aromatic heterocycles. The van der Waals surface area contributed by atoms with Crippen LogP contribution >= 0.6 is 0 Å². The van der Waals surface area contributed by atoms with Crippen LogP contribution in [-0.2, 0) is 0 Å². The van der Waals surface area contributed by atoms with Crippen LogP contribution in [0.15, 0.2) is 12.3 Å². The van der Waals surface area contributed by atoms with Crippen LogP contribution in [0.25, 0.3) is 0 Å². The van der Waals surface area contributed by atoms with Crippen molar-refractivity contribution in [2.75, 3.05) is 6.61 Å². The molecule has 116 valence electrons. The lowest BCUT2D eigenvalue weighted by atomic mass is 10.1. The van der Waals surface area contributed by atoms with Crippen LogP contribution in [0.2, 0.25) is 0 Å². The van der Waals surface area contributed by atoms with Crippen molar-refractivity contribution >= 4 is 11.7 Å². The molecule has 0 fully saturated rings. The number of carboxylic acid groups (broad SMARTS) is 1. The Balaban J connectivity index is 2.47. The van der Waals surface area contributed by atoms with Crippen molar-refractivity contribution < 1.29 is 19.6 Å². The van der Waals surface area contributed by atoms with Gasteiger partial charge in [-0.15, -0.1) is 0 Å². The molecule has 1 N–H and O–H groups in total. The van der Waals surface area contributed by atoms with Crippen LogP contribution in [0.5, 0.6) is 5.88 Å². The van der Waals surface area contributed by atoms with Gasteiger partial charge in [0.05, 0.1) is 11.5 Å². The van der Waals surface area contributed by atoms with Crippen LogP contribution in [-0.4, -0.2) is 27.6 Å². The molecule has 0 unspecified atom stereocenters. The van der Waals surface area contributed by atoms with Crippen molar-refractivity contribution in [3.05, 3.63) is 27.9 Å². The summed E-state index contributed by atoms with van der Waals surface area (Å²) in [5.41, 5.74) is -0.942. The molecule has 0 radical (unpaired) electrons. The van der Waals surface area contributed by atoms with E-state index in [-0.39, 0.29) is 5.88 Å². The number of hydrogen-bond acceptors (Lipinski definition) is 5. The Bertz CT molecular complexity index is 490. The van der Waals surface area contributed by atoms with E-state index in [1.165, 1.54) is 19.3 Å². The van der Waals surface area contributed by atoms with E-state index in [9.17, 15) is 14.9 Å². The quantitative estimate of drug-likeness (QED) is 0.403. The number of carbonyl (C=O) groups is 1. The van der Waals surface area contributed by atoms with Gasteiger partial charge in [0.25, 0.3) is 0 Å². The Labute approximate surface area is 123 Å². The van der Waals surface area contributed by atoms with E-state index < -0.39 is 22.1 Å². The predicted molar refractivity (Wildman–Crippen MR) is 76.7 cm³/mol. The third-order valence-corrected chi connectivity index (χ3v) is 3.03. The SMILES string of the molecule is CCCCCCCCOc1cc(C(=O)O)c([N+](=O)[O-])cn1. The van der Waals surface area contributed by atoms with Gasteiger partial charge in [-0.3, -0.25) is 10.1 Å². The number of ether oxygens (including phenoxy) is 1. The van der Waals surface area contributed by atoms with E-state index in [4.69, 9.17) is 9.84 Å². The Morgan fingerprint density at radius 3 is 2.62 bits per heavy atom. The first-order valence-electron chi connectivity index (χ1n) is 7.06. The maximum atomic E-state index is 11.0. The summed E-state index contributed by atoms with van der Waals surface area (Å²) in [7, 11) is 0. The fourth-order valence-electron chi connectivity index (χ4n) is 1.88. The first kappa shape index (κ1) is 16.9. The molecule has 0 aliphatic heterocycles. The van der Waals surface area contributed by atoms with Crippen molar-refractivity contribution in [3.63, 3.8) is 0 Å². The minimum absolute atomic E-state index is 0.103. The lowest BCUT2D eigenvalue weighted by molar-refractivity contribution is -0.385. The van der Waals surface area contributed by atoms with Crippen molar-refractivity contribution in [1.29, 1.82) is 0 Å². The van der Waals surface area contributed by atoms with Gasteiger partial charge >= 0.3 is 11.7 Å². The average molecular weight is 296 g/mol. The number of carboxylic acids is 1.